The molecule has 0 spiro atoms. The number of benzene rings is 2. The number of ether oxygens (including phenoxy) is 1. The third-order valence-electron chi connectivity index (χ3n) is 4.20. The van der Waals surface area contributed by atoms with Gasteiger partial charge in [0.25, 0.3) is 0 Å². The SMILES string of the molecule is O=C(O)c1ccc(/C=C\C#Cc2ccc(CN3CCOCC3)cc2)cc1. The summed E-state index contributed by atoms with van der Waals surface area (Å²) < 4.78 is 5.37. The van der Waals surface area contributed by atoms with Gasteiger partial charge in [-0.3, -0.25) is 4.90 Å². The number of nitrogens with zero attached hydrogens (tertiary/aromatic N) is 1. The summed E-state index contributed by atoms with van der Waals surface area (Å²) in [6.45, 7) is 4.55. The van der Waals surface area contributed by atoms with Crippen LogP contribution in [0.2, 0.25) is 0 Å². The standard InChI is InChI=1S/C22H21NO3/c24-22(25)21-11-9-19(10-12-21)4-2-1-3-18-5-7-20(8-6-18)17-23-13-15-26-16-14-23/h2,4-12H,13-17H2,(H,24,25)/b4-2-. The van der Waals surface area contributed by atoms with E-state index >= 15 is 0 Å². The van der Waals surface area contributed by atoms with Gasteiger partial charge in [0.05, 0.1) is 18.8 Å². The van der Waals surface area contributed by atoms with Gasteiger partial charge in [0.1, 0.15) is 0 Å². The Morgan fingerprint density at radius 1 is 1.08 bits per heavy atom. The van der Waals surface area contributed by atoms with E-state index in [1.54, 1.807) is 30.3 Å². The number of morpholine rings is 1. The smallest absolute Gasteiger partial charge is 0.335 e. The van der Waals surface area contributed by atoms with Crippen LogP contribution >= 0.6 is 0 Å². The van der Waals surface area contributed by atoms with Crippen molar-refractivity contribution in [3.63, 3.8) is 0 Å². The van der Waals surface area contributed by atoms with Gasteiger partial charge >= 0.3 is 5.97 Å². The van der Waals surface area contributed by atoms with E-state index in [-0.39, 0.29) is 5.56 Å². The summed E-state index contributed by atoms with van der Waals surface area (Å²) in [7, 11) is 0. The number of carbonyl (C=O) groups is 1. The van der Waals surface area contributed by atoms with Gasteiger partial charge in [-0.2, -0.15) is 0 Å². The van der Waals surface area contributed by atoms with Crippen LogP contribution in [-0.2, 0) is 11.3 Å². The molecule has 0 aliphatic carbocycles. The monoisotopic (exact) mass is 347 g/mol. The lowest BCUT2D eigenvalue weighted by molar-refractivity contribution is 0.0342. The first-order valence-corrected chi connectivity index (χ1v) is 8.61. The molecule has 0 saturated carbocycles. The topological polar surface area (TPSA) is 49.8 Å². The Hall–Kier alpha value is -2.87. The molecule has 3 rings (SSSR count). The molecule has 1 N–H and O–H groups in total. The zero-order valence-corrected chi connectivity index (χ0v) is 14.5. The van der Waals surface area contributed by atoms with Crippen molar-refractivity contribution >= 4 is 12.0 Å². The summed E-state index contributed by atoms with van der Waals surface area (Å²) in [4.78, 5) is 13.2. The molecular formula is C22H21NO3. The fourth-order valence-electron chi connectivity index (χ4n) is 2.71. The lowest BCUT2D eigenvalue weighted by atomic mass is 10.1. The van der Waals surface area contributed by atoms with E-state index in [9.17, 15) is 4.79 Å². The minimum atomic E-state index is -0.919. The molecule has 2 aromatic rings. The van der Waals surface area contributed by atoms with Crippen LogP contribution in [0.4, 0.5) is 0 Å². The fraction of sp³-hybridized carbons (Fsp3) is 0.227. The lowest BCUT2D eigenvalue weighted by Gasteiger charge is -2.26. The molecule has 2 aromatic carbocycles. The highest BCUT2D eigenvalue weighted by atomic mass is 16.5. The molecule has 4 heteroatoms. The Morgan fingerprint density at radius 2 is 1.77 bits per heavy atom. The minimum absolute atomic E-state index is 0.283. The van der Waals surface area contributed by atoms with Crippen LogP contribution in [0.1, 0.15) is 27.0 Å². The molecule has 0 bridgehead atoms. The third-order valence-corrected chi connectivity index (χ3v) is 4.20. The van der Waals surface area contributed by atoms with Crippen molar-refractivity contribution in [3.8, 4) is 11.8 Å². The molecule has 4 nitrogen and oxygen atoms in total. The van der Waals surface area contributed by atoms with Crippen molar-refractivity contribution in [2.45, 2.75) is 6.54 Å². The highest BCUT2D eigenvalue weighted by Crippen LogP contribution is 2.09. The Bertz CT molecular complexity index is 820. The number of carboxylic acid groups (broad SMARTS) is 1. The van der Waals surface area contributed by atoms with Gasteiger partial charge in [-0.1, -0.05) is 36.1 Å². The normalized spacial score (nSPS) is 14.8. The molecule has 1 aliphatic rings. The van der Waals surface area contributed by atoms with E-state index in [0.29, 0.717) is 0 Å². The maximum absolute atomic E-state index is 10.8. The van der Waals surface area contributed by atoms with Gasteiger partial charge in [0.2, 0.25) is 0 Å². The quantitative estimate of drug-likeness (QED) is 0.863. The van der Waals surface area contributed by atoms with E-state index in [2.05, 4.69) is 28.9 Å². The average Bonchev–Trinajstić information content (AvgIpc) is 2.68. The number of aromatic carboxylic acids is 1. The number of hydrogen-bond acceptors (Lipinski definition) is 3. The Labute approximate surface area is 153 Å². The van der Waals surface area contributed by atoms with Crippen molar-refractivity contribution in [2.24, 2.45) is 0 Å². The molecule has 1 fully saturated rings. The summed E-state index contributed by atoms with van der Waals surface area (Å²) in [6.07, 6.45) is 3.64. The summed E-state index contributed by atoms with van der Waals surface area (Å²) in [5.41, 5.74) is 3.46. The molecule has 1 aliphatic heterocycles. The third kappa shape index (κ3) is 5.32. The van der Waals surface area contributed by atoms with Crippen LogP contribution in [0.25, 0.3) is 6.08 Å². The number of hydrogen-bond donors (Lipinski definition) is 1. The van der Waals surface area contributed by atoms with Crippen LogP contribution in [-0.4, -0.2) is 42.3 Å². The van der Waals surface area contributed by atoms with E-state index in [1.807, 2.05) is 18.2 Å². The number of carboxylic acids is 1. The van der Waals surface area contributed by atoms with E-state index in [4.69, 9.17) is 9.84 Å². The van der Waals surface area contributed by atoms with Crippen LogP contribution in [0.3, 0.4) is 0 Å². The Balaban J connectivity index is 1.54. The Morgan fingerprint density at radius 3 is 2.42 bits per heavy atom. The highest BCUT2D eigenvalue weighted by molar-refractivity contribution is 5.87. The molecule has 0 unspecified atom stereocenters. The largest absolute Gasteiger partial charge is 0.478 e. The molecule has 1 saturated heterocycles. The molecule has 1 heterocycles. The van der Waals surface area contributed by atoms with Crippen molar-refractivity contribution in [3.05, 3.63) is 76.9 Å². The first-order chi connectivity index (χ1) is 12.7. The zero-order chi connectivity index (χ0) is 18.2. The molecular weight excluding hydrogens is 326 g/mol. The van der Waals surface area contributed by atoms with Crippen molar-refractivity contribution in [1.82, 2.24) is 4.90 Å². The van der Waals surface area contributed by atoms with Gasteiger partial charge in [0, 0.05) is 25.2 Å². The van der Waals surface area contributed by atoms with Gasteiger partial charge < -0.3 is 9.84 Å². The van der Waals surface area contributed by atoms with Gasteiger partial charge in [0.15, 0.2) is 0 Å². The van der Waals surface area contributed by atoms with Crippen LogP contribution in [0.5, 0.6) is 0 Å². The van der Waals surface area contributed by atoms with Gasteiger partial charge in [-0.25, -0.2) is 4.79 Å². The predicted octanol–water partition coefficient (Wildman–Crippen LogP) is 3.28. The maximum Gasteiger partial charge on any atom is 0.335 e. The van der Waals surface area contributed by atoms with Crippen LogP contribution in [0, 0.1) is 11.8 Å². The summed E-state index contributed by atoms with van der Waals surface area (Å²) >= 11 is 0. The van der Waals surface area contributed by atoms with E-state index in [1.165, 1.54) is 5.56 Å². The van der Waals surface area contributed by atoms with Crippen LogP contribution < -0.4 is 0 Å². The summed E-state index contributed by atoms with van der Waals surface area (Å²) in [5.74, 6) is 5.21. The number of rotatable bonds is 4. The summed E-state index contributed by atoms with van der Waals surface area (Å²) in [5, 5.41) is 8.88. The number of allylic oxidation sites excluding steroid dienone is 1. The molecule has 0 radical (unpaired) electrons. The fourth-order valence-corrected chi connectivity index (χ4v) is 2.71. The van der Waals surface area contributed by atoms with E-state index < -0.39 is 5.97 Å². The second-order valence-corrected chi connectivity index (χ2v) is 6.12. The van der Waals surface area contributed by atoms with Crippen LogP contribution in [0.15, 0.2) is 54.6 Å². The second kappa shape index (κ2) is 9.00. The average molecular weight is 347 g/mol. The summed E-state index contributed by atoms with van der Waals surface area (Å²) in [6, 6.07) is 15.0. The van der Waals surface area contributed by atoms with Crippen molar-refractivity contribution in [1.29, 1.82) is 0 Å². The van der Waals surface area contributed by atoms with Gasteiger partial charge in [-0.15, -0.1) is 0 Å². The molecule has 26 heavy (non-hydrogen) atoms. The second-order valence-electron chi connectivity index (χ2n) is 6.12. The van der Waals surface area contributed by atoms with Crippen molar-refractivity contribution < 1.29 is 14.6 Å². The lowest BCUT2D eigenvalue weighted by Crippen LogP contribution is -2.35. The molecule has 0 atom stereocenters. The Kier molecular flexibility index (Phi) is 6.21. The first-order valence-electron chi connectivity index (χ1n) is 8.61. The highest BCUT2D eigenvalue weighted by Gasteiger charge is 2.10. The first kappa shape index (κ1) is 17.9. The zero-order valence-electron chi connectivity index (χ0n) is 14.5. The van der Waals surface area contributed by atoms with E-state index in [0.717, 1.165) is 44.0 Å². The molecule has 132 valence electrons. The minimum Gasteiger partial charge on any atom is -0.478 e. The molecule has 0 aromatic heterocycles. The van der Waals surface area contributed by atoms with Gasteiger partial charge in [-0.05, 0) is 47.5 Å². The van der Waals surface area contributed by atoms with Crippen molar-refractivity contribution in [2.75, 3.05) is 26.3 Å². The molecule has 0 amide bonds. The predicted molar refractivity (Wildman–Crippen MR) is 102 cm³/mol. The maximum atomic E-state index is 10.8.